The summed E-state index contributed by atoms with van der Waals surface area (Å²) < 4.78 is 5.48. The van der Waals surface area contributed by atoms with Crippen LogP contribution in [0.15, 0.2) is 22.7 Å². The van der Waals surface area contributed by atoms with Crippen LogP contribution in [-0.4, -0.2) is 40.8 Å². The van der Waals surface area contributed by atoms with Crippen molar-refractivity contribution in [3.05, 3.63) is 29.5 Å². The molecule has 24 heavy (non-hydrogen) atoms. The van der Waals surface area contributed by atoms with Crippen molar-refractivity contribution < 1.29 is 14.4 Å². The van der Waals surface area contributed by atoms with Crippen molar-refractivity contribution in [3.63, 3.8) is 0 Å². The van der Waals surface area contributed by atoms with E-state index in [1.165, 1.54) is 5.56 Å². The Bertz CT molecular complexity index is 666. The van der Waals surface area contributed by atoms with Crippen molar-refractivity contribution in [3.8, 4) is 0 Å². The van der Waals surface area contributed by atoms with E-state index in [9.17, 15) is 4.79 Å². The van der Waals surface area contributed by atoms with Gasteiger partial charge in [0.1, 0.15) is 0 Å². The zero-order chi connectivity index (χ0) is 17.5. The molecule has 1 N–H and O–H groups in total. The number of hydrogen-bond acceptors (Lipinski definition) is 4. The van der Waals surface area contributed by atoms with Gasteiger partial charge in [-0.15, -0.1) is 0 Å². The van der Waals surface area contributed by atoms with Crippen molar-refractivity contribution in [1.29, 1.82) is 0 Å². The minimum absolute atomic E-state index is 0.237. The van der Waals surface area contributed by atoms with E-state index in [1.54, 1.807) is 0 Å². The van der Waals surface area contributed by atoms with E-state index >= 15 is 0 Å². The Balaban J connectivity index is 2.00. The highest BCUT2D eigenvalue weighted by Crippen LogP contribution is 2.30. The average molecular weight is 332 g/mol. The average Bonchev–Trinajstić information content (AvgIpc) is 2.96. The number of benzene rings is 1. The van der Waals surface area contributed by atoms with Gasteiger partial charge in [-0.05, 0) is 58.0 Å². The molecule has 0 fully saturated rings. The Morgan fingerprint density at radius 1 is 1.33 bits per heavy atom. The Hall–Kier alpha value is -1.88. The molecule has 1 unspecified atom stereocenters. The molecule has 5 heteroatoms. The highest BCUT2D eigenvalue weighted by atomic mass is 16.5. The summed E-state index contributed by atoms with van der Waals surface area (Å²) >= 11 is 0. The van der Waals surface area contributed by atoms with E-state index in [4.69, 9.17) is 9.63 Å². The van der Waals surface area contributed by atoms with E-state index in [-0.39, 0.29) is 6.42 Å². The molecule has 1 aromatic heterocycles. The molecule has 2 rings (SSSR count). The Morgan fingerprint density at radius 2 is 2.12 bits per heavy atom. The number of carboxylic acids is 1. The van der Waals surface area contributed by atoms with Crippen molar-refractivity contribution in [2.45, 2.75) is 52.4 Å². The van der Waals surface area contributed by atoms with E-state index in [0.717, 1.165) is 49.1 Å². The van der Waals surface area contributed by atoms with E-state index in [0.29, 0.717) is 12.3 Å². The number of aryl methyl sites for hydroxylation is 1. The van der Waals surface area contributed by atoms with Gasteiger partial charge in [-0.3, -0.25) is 4.79 Å². The number of carboxylic acid groups (broad SMARTS) is 1. The van der Waals surface area contributed by atoms with Crippen LogP contribution in [0.5, 0.6) is 0 Å². The molecule has 0 spiro atoms. The monoisotopic (exact) mass is 332 g/mol. The third kappa shape index (κ3) is 4.81. The van der Waals surface area contributed by atoms with Crippen LogP contribution >= 0.6 is 0 Å². The minimum Gasteiger partial charge on any atom is -0.481 e. The predicted molar refractivity (Wildman–Crippen MR) is 95.4 cm³/mol. The second-order valence-corrected chi connectivity index (χ2v) is 6.39. The summed E-state index contributed by atoms with van der Waals surface area (Å²) in [6.45, 7) is 9.11. The predicted octanol–water partition coefficient (Wildman–Crippen LogP) is 4.21. The van der Waals surface area contributed by atoms with Gasteiger partial charge in [-0.2, -0.15) is 0 Å². The lowest BCUT2D eigenvalue weighted by molar-refractivity contribution is -0.137. The van der Waals surface area contributed by atoms with E-state index < -0.39 is 5.97 Å². The van der Waals surface area contributed by atoms with Crippen molar-refractivity contribution >= 4 is 16.9 Å². The smallest absolute Gasteiger partial charge is 0.303 e. The molecule has 1 heterocycles. The van der Waals surface area contributed by atoms with E-state index in [1.807, 2.05) is 12.1 Å². The molecule has 0 aliphatic carbocycles. The van der Waals surface area contributed by atoms with Gasteiger partial charge in [0, 0.05) is 17.7 Å². The maximum Gasteiger partial charge on any atom is 0.303 e. The third-order valence-electron chi connectivity index (χ3n) is 4.64. The molecule has 0 saturated heterocycles. The molecule has 132 valence electrons. The first-order valence-electron chi connectivity index (χ1n) is 8.85. The Kier molecular flexibility index (Phi) is 6.79. The first kappa shape index (κ1) is 18.5. The van der Waals surface area contributed by atoms with Gasteiger partial charge < -0.3 is 14.5 Å². The lowest BCUT2D eigenvalue weighted by Crippen LogP contribution is -2.27. The maximum absolute atomic E-state index is 10.7. The highest BCUT2D eigenvalue weighted by Gasteiger charge is 2.19. The minimum atomic E-state index is -0.720. The summed E-state index contributed by atoms with van der Waals surface area (Å²) in [5.74, 6) is -0.358. The molecule has 2 aromatic rings. The van der Waals surface area contributed by atoms with Crippen LogP contribution in [0.2, 0.25) is 0 Å². The molecular formula is C19H28N2O3. The zero-order valence-corrected chi connectivity index (χ0v) is 14.9. The van der Waals surface area contributed by atoms with Crippen molar-refractivity contribution in [2.75, 3.05) is 19.6 Å². The van der Waals surface area contributed by atoms with Gasteiger partial charge in [0.15, 0.2) is 5.58 Å². The summed E-state index contributed by atoms with van der Waals surface area (Å²) in [6.07, 6.45) is 2.96. The molecular weight excluding hydrogens is 304 g/mol. The second kappa shape index (κ2) is 8.83. The number of hydrogen-bond donors (Lipinski definition) is 1. The second-order valence-electron chi connectivity index (χ2n) is 6.39. The van der Waals surface area contributed by atoms with Crippen LogP contribution in [0.4, 0.5) is 0 Å². The molecule has 0 amide bonds. The van der Waals surface area contributed by atoms with Gasteiger partial charge in [0.25, 0.3) is 0 Å². The summed E-state index contributed by atoms with van der Waals surface area (Å²) in [5, 5.41) is 14.2. The van der Waals surface area contributed by atoms with Gasteiger partial charge in [0.2, 0.25) is 0 Å². The van der Waals surface area contributed by atoms with Crippen LogP contribution in [-0.2, 0) is 4.79 Å². The molecule has 0 bridgehead atoms. The van der Waals surface area contributed by atoms with Crippen LogP contribution in [0.25, 0.3) is 11.0 Å². The molecule has 0 saturated carbocycles. The Morgan fingerprint density at radius 3 is 2.79 bits per heavy atom. The van der Waals surface area contributed by atoms with Crippen LogP contribution in [0, 0.1) is 6.92 Å². The van der Waals surface area contributed by atoms with Crippen LogP contribution in [0.3, 0.4) is 0 Å². The number of aliphatic carboxylic acids is 1. The largest absolute Gasteiger partial charge is 0.481 e. The van der Waals surface area contributed by atoms with E-state index in [2.05, 4.69) is 36.9 Å². The fourth-order valence-corrected chi connectivity index (χ4v) is 3.12. The molecule has 1 atom stereocenters. The van der Waals surface area contributed by atoms with Crippen LogP contribution in [0.1, 0.15) is 56.7 Å². The summed E-state index contributed by atoms with van der Waals surface area (Å²) in [7, 11) is 0. The standard InChI is InChI=1S/C19H28N2O3/c1-4-15(10-12-21(5-2)11-6-7-18(22)23)19-16-13-14(3)8-9-17(16)24-20-19/h8-9,13,15H,4-7,10-12H2,1-3H3,(H,22,23). The van der Waals surface area contributed by atoms with Crippen LogP contribution < -0.4 is 0 Å². The molecule has 0 aliphatic heterocycles. The summed E-state index contributed by atoms with van der Waals surface area (Å²) in [4.78, 5) is 13.0. The fourth-order valence-electron chi connectivity index (χ4n) is 3.12. The molecule has 0 aliphatic rings. The zero-order valence-electron chi connectivity index (χ0n) is 14.9. The SMILES string of the molecule is CCC(CCN(CC)CCCC(=O)O)c1noc2ccc(C)cc12. The fraction of sp³-hybridized carbons (Fsp3) is 0.579. The number of aromatic nitrogens is 1. The molecule has 0 radical (unpaired) electrons. The van der Waals surface area contributed by atoms with Gasteiger partial charge in [0.05, 0.1) is 5.69 Å². The summed E-state index contributed by atoms with van der Waals surface area (Å²) in [6, 6.07) is 6.17. The lowest BCUT2D eigenvalue weighted by Gasteiger charge is -2.22. The lowest BCUT2D eigenvalue weighted by atomic mass is 9.95. The van der Waals surface area contributed by atoms with Crippen molar-refractivity contribution in [2.24, 2.45) is 0 Å². The first-order chi connectivity index (χ1) is 11.5. The highest BCUT2D eigenvalue weighted by molar-refractivity contribution is 5.80. The maximum atomic E-state index is 10.7. The first-order valence-corrected chi connectivity index (χ1v) is 8.85. The molecule has 5 nitrogen and oxygen atoms in total. The third-order valence-corrected chi connectivity index (χ3v) is 4.64. The van der Waals surface area contributed by atoms with Gasteiger partial charge in [-0.25, -0.2) is 0 Å². The van der Waals surface area contributed by atoms with Crippen molar-refractivity contribution in [1.82, 2.24) is 10.1 Å². The Labute approximate surface area is 143 Å². The number of nitrogens with zero attached hydrogens (tertiary/aromatic N) is 2. The molecule has 1 aromatic carbocycles. The number of carbonyl (C=O) groups is 1. The number of fused-ring (bicyclic) bond motifs is 1. The van der Waals surface area contributed by atoms with Gasteiger partial charge in [-0.1, -0.05) is 30.6 Å². The number of rotatable bonds is 10. The topological polar surface area (TPSA) is 66.6 Å². The summed E-state index contributed by atoms with van der Waals surface area (Å²) in [5.41, 5.74) is 3.12. The quantitative estimate of drug-likeness (QED) is 0.706. The normalized spacial score (nSPS) is 12.8. The van der Waals surface area contributed by atoms with Gasteiger partial charge >= 0.3 is 5.97 Å².